The third kappa shape index (κ3) is 4.45. The maximum absolute atomic E-state index is 13.0. The van der Waals surface area contributed by atoms with Gasteiger partial charge < -0.3 is 14.8 Å². The first-order valence-corrected chi connectivity index (χ1v) is 7.39. The van der Waals surface area contributed by atoms with Gasteiger partial charge in [0.1, 0.15) is 11.6 Å². The Morgan fingerprint density at radius 3 is 2.62 bits per heavy atom. The van der Waals surface area contributed by atoms with E-state index in [1.165, 1.54) is 26.2 Å². The highest BCUT2D eigenvalue weighted by molar-refractivity contribution is 6.33. The van der Waals surface area contributed by atoms with Crippen molar-refractivity contribution in [2.45, 2.75) is 13.0 Å². The van der Waals surface area contributed by atoms with Crippen LogP contribution in [0.3, 0.4) is 0 Å². The minimum Gasteiger partial charge on any atom is -0.497 e. The summed E-state index contributed by atoms with van der Waals surface area (Å²) < 4.78 is 23.1. The van der Waals surface area contributed by atoms with Gasteiger partial charge in [0.2, 0.25) is 0 Å². The molecule has 0 saturated heterocycles. The minimum atomic E-state index is -1.06. The molecule has 5 nitrogen and oxygen atoms in total. The van der Waals surface area contributed by atoms with Crippen LogP contribution in [0, 0.1) is 5.82 Å². The van der Waals surface area contributed by atoms with Gasteiger partial charge in [-0.3, -0.25) is 4.79 Å². The van der Waals surface area contributed by atoms with Gasteiger partial charge in [-0.05, 0) is 43.3 Å². The number of carbonyl (C=O) groups excluding carboxylic acids is 2. The van der Waals surface area contributed by atoms with E-state index in [-0.39, 0.29) is 16.3 Å². The number of nitrogens with one attached hydrogen (secondary N) is 1. The molecule has 0 aliphatic heterocycles. The van der Waals surface area contributed by atoms with E-state index in [0.717, 1.165) is 12.1 Å². The van der Waals surface area contributed by atoms with Gasteiger partial charge in [-0.15, -0.1) is 0 Å². The predicted octanol–water partition coefficient (Wildman–Crippen LogP) is 3.67. The summed E-state index contributed by atoms with van der Waals surface area (Å²) in [6.07, 6.45) is -1.06. The molecule has 1 unspecified atom stereocenters. The Morgan fingerprint density at radius 1 is 1.21 bits per heavy atom. The quantitative estimate of drug-likeness (QED) is 0.835. The number of hydrogen-bond donors (Lipinski definition) is 1. The lowest BCUT2D eigenvalue weighted by Gasteiger charge is -2.14. The number of halogens is 2. The number of anilines is 1. The first-order valence-electron chi connectivity index (χ1n) is 7.01. The van der Waals surface area contributed by atoms with Crippen LogP contribution in [0.1, 0.15) is 17.3 Å². The maximum atomic E-state index is 13.0. The average Bonchev–Trinajstić information content (AvgIpc) is 2.57. The highest BCUT2D eigenvalue weighted by Crippen LogP contribution is 2.22. The molecular weight excluding hydrogens is 337 g/mol. The van der Waals surface area contributed by atoms with Crippen LogP contribution >= 0.6 is 11.6 Å². The lowest BCUT2D eigenvalue weighted by molar-refractivity contribution is -0.123. The Morgan fingerprint density at radius 2 is 1.96 bits per heavy atom. The van der Waals surface area contributed by atoms with Crippen molar-refractivity contribution in [1.29, 1.82) is 0 Å². The molecule has 0 radical (unpaired) electrons. The van der Waals surface area contributed by atoms with Crippen LogP contribution < -0.4 is 10.1 Å². The summed E-state index contributed by atoms with van der Waals surface area (Å²) in [6, 6.07) is 9.93. The fraction of sp³-hybridized carbons (Fsp3) is 0.176. The van der Waals surface area contributed by atoms with Crippen molar-refractivity contribution in [3.8, 4) is 5.75 Å². The molecule has 24 heavy (non-hydrogen) atoms. The highest BCUT2D eigenvalue weighted by atomic mass is 35.5. The SMILES string of the molecule is COc1cccc(C(=O)OC(C)C(=O)Nc2ccc(F)cc2Cl)c1. The smallest absolute Gasteiger partial charge is 0.339 e. The van der Waals surface area contributed by atoms with Gasteiger partial charge in [0.15, 0.2) is 6.10 Å². The minimum absolute atomic E-state index is 0.0506. The van der Waals surface area contributed by atoms with Gasteiger partial charge in [-0.2, -0.15) is 0 Å². The number of rotatable bonds is 5. The zero-order valence-corrected chi connectivity index (χ0v) is 13.8. The molecule has 2 aromatic rings. The van der Waals surface area contributed by atoms with Crippen LogP contribution in [0.4, 0.5) is 10.1 Å². The van der Waals surface area contributed by atoms with Crippen LogP contribution in [0.2, 0.25) is 5.02 Å². The molecule has 1 N–H and O–H groups in total. The summed E-state index contributed by atoms with van der Waals surface area (Å²) in [5.41, 5.74) is 0.487. The second-order valence-electron chi connectivity index (χ2n) is 4.89. The number of carbonyl (C=O) groups is 2. The van der Waals surface area contributed by atoms with Crippen molar-refractivity contribution in [2.24, 2.45) is 0 Å². The van der Waals surface area contributed by atoms with E-state index in [1.54, 1.807) is 18.2 Å². The Bertz CT molecular complexity index is 766. The Labute approximate surface area is 143 Å². The van der Waals surface area contributed by atoms with E-state index in [4.69, 9.17) is 21.1 Å². The molecule has 0 fully saturated rings. The van der Waals surface area contributed by atoms with E-state index in [9.17, 15) is 14.0 Å². The summed E-state index contributed by atoms with van der Waals surface area (Å²) in [5.74, 6) is -1.27. The summed E-state index contributed by atoms with van der Waals surface area (Å²) >= 11 is 5.84. The van der Waals surface area contributed by atoms with Crippen molar-refractivity contribution < 1.29 is 23.5 Å². The standard InChI is InChI=1S/C17H15ClFNO4/c1-10(16(21)20-15-7-6-12(19)9-14(15)18)24-17(22)11-4-3-5-13(8-11)23-2/h3-10H,1-2H3,(H,20,21). The van der Waals surface area contributed by atoms with E-state index in [1.807, 2.05) is 0 Å². The fourth-order valence-corrected chi connectivity index (χ4v) is 2.07. The van der Waals surface area contributed by atoms with Crippen LogP contribution in [-0.4, -0.2) is 25.1 Å². The zero-order chi connectivity index (χ0) is 17.7. The number of methoxy groups -OCH3 is 1. The molecule has 1 amide bonds. The topological polar surface area (TPSA) is 64.6 Å². The largest absolute Gasteiger partial charge is 0.497 e. The number of esters is 1. The molecule has 0 aliphatic rings. The van der Waals surface area contributed by atoms with Crippen molar-refractivity contribution in [1.82, 2.24) is 0 Å². The van der Waals surface area contributed by atoms with Crippen molar-refractivity contribution in [2.75, 3.05) is 12.4 Å². The normalized spacial score (nSPS) is 11.5. The molecule has 2 aromatic carbocycles. The Kier molecular flexibility index (Phi) is 5.76. The van der Waals surface area contributed by atoms with Gasteiger partial charge in [-0.1, -0.05) is 17.7 Å². The Balaban J connectivity index is 2.01. The Hall–Kier alpha value is -2.60. The maximum Gasteiger partial charge on any atom is 0.339 e. The third-order valence-corrected chi connectivity index (χ3v) is 3.46. The lowest BCUT2D eigenvalue weighted by atomic mass is 10.2. The van der Waals surface area contributed by atoms with Gasteiger partial charge >= 0.3 is 5.97 Å². The second-order valence-corrected chi connectivity index (χ2v) is 5.30. The van der Waals surface area contributed by atoms with E-state index < -0.39 is 23.8 Å². The number of hydrogen-bond acceptors (Lipinski definition) is 4. The first-order chi connectivity index (χ1) is 11.4. The summed E-state index contributed by atoms with van der Waals surface area (Å²) in [5, 5.41) is 2.53. The van der Waals surface area contributed by atoms with Gasteiger partial charge in [0.05, 0.1) is 23.4 Å². The van der Waals surface area contributed by atoms with Crippen LogP contribution in [0.5, 0.6) is 5.75 Å². The van der Waals surface area contributed by atoms with Crippen LogP contribution in [0.25, 0.3) is 0 Å². The third-order valence-electron chi connectivity index (χ3n) is 3.15. The van der Waals surface area contributed by atoms with Gasteiger partial charge in [0, 0.05) is 0 Å². The first kappa shape index (κ1) is 17.7. The average molecular weight is 352 g/mol. The van der Waals surface area contributed by atoms with Gasteiger partial charge in [0.25, 0.3) is 5.91 Å². The van der Waals surface area contributed by atoms with Crippen molar-refractivity contribution in [3.05, 3.63) is 58.9 Å². The number of amides is 1. The van der Waals surface area contributed by atoms with E-state index in [0.29, 0.717) is 5.75 Å². The zero-order valence-electron chi connectivity index (χ0n) is 13.0. The number of benzene rings is 2. The van der Waals surface area contributed by atoms with Crippen LogP contribution in [-0.2, 0) is 9.53 Å². The molecule has 0 saturated carbocycles. The number of ether oxygens (including phenoxy) is 2. The van der Waals surface area contributed by atoms with E-state index in [2.05, 4.69) is 5.32 Å². The lowest BCUT2D eigenvalue weighted by Crippen LogP contribution is -2.30. The molecule has 126 valence electrons. The molecule has 0 aliphatic carbocycles. The molecule has 0 bridgehead atoms. The summed E-state index contributed by atoms with van der Waals surface area (Å²) in [7, 11) is 1.48. The molecule has 0 spiro atoms. The van der Waals surface area contributed by atoms with Crippen molar-refractivity contribution >= 4 is 29.2 Å². The van der Waals surface area contributed by atoms with E-state index >= 15 is 0 Å². The molecule has 0 heterocycles. The van der Waals surface area contributed by atoms with Crippen molar-refractivity contribution in [3.63, 3.8) is 0 Å². The molecule has 1 atom stereocenters. The molecular formula is C17H15ClFNO4. The highest BCUT2D eigenvalue weighted by Gasteiger charge is 2.20. The molecule has 2 rings (SSSR count). The fourth-order valence-electron chi connectivity index (χ4n) is 1.86. The summed E-state index contributed by atoms with van der Waals surface area (Å²) in [6.45, 7) is 1.42. The predicted molar refractivity (Wildman–Crippen MR) is 87.9 cm³/mol. The monoisotopic (exact) mass is 351 g/mol. The second kappa shape index (κ2) is 7.79. The molecule has 0 aromatic heterocycles. The molecule has 7 heteroatoms. The van der Waals surface area contributed by atoms with Gasteiger partial charge in [-0.25, -0.2) is 9.18 Å². The summed E-state index contributed by atoms with van der Waals surface area (Å²) in [4.78, 5) is 24.1. The van der Waals surface area contributed by atoms with Crippen LogP contribution in [0.15, 0.2) is 42.5 Å².